The quantitative estimate of drug-likeness (QED) is 0.913. The first-order valence-corrected chi connectivity index (χ1v) is 8.72. The Labute approximate surface area is 136 Å². The predicted octanol–water partition coefficient (Wildman–Crippen LogP) is 2.60. The summed E-state index contributed by atoms with van der Waals surface area (Å²) in [4.78, 5) is 26.0. The number of nitrogens with zero attached hydrogens (tertiary/aromatic N) is 1. The summed E-state index contributed by atoms with van der Waals surface area (Å²) in [5.74, 6) is -0.902. The number of carboxylic acid groups (broad SMARTS) is 1. The first kappa shape index (κ1) is 14.7. The molecular weight excluding hydrogens is 290 g/mol. The van der Waals surface area contributed by atoms with Crippen LogP contribution >= 0.6 is 0 Å². The van der Waals surface area contributed by atoms with E-state index in [1.54, 1.807) is 0 Å². The molecule has 1 spiro atoms. The Bertz CT molecular complexity index is 656. The maximum Gasteiger partial charge on any atom is 0.308 e. The van der Waals surface area contributed by atoms with Gasteiger partial charge in [0.15, 0.2) is 0 Å². The number of aryl methyl sites for hydroxylation is 1. The van der Waals surface area contributed by atoms with Gasteiger partial charge in [-0.25, -0.2) is 0 Å². The van der Waals surface area contributed by atoms with Gasteiger partial charge in [0, 0.05) is 24.4 Å². The summed E-state index contributed by atoms with van der Waals surface area (Å²) in [6, 6.07) is 8.54. The van der Waals surface area contributed by atoms with Crippen LogP contribution in [-0.2, 0) is 21.4 Å². The summed E-state index contributed by atoms with van der Waals surface area (Å²) < 4.78 is 0. The van der Waals surface area contributed by atoms with Crippen LogP contribution in [0.3, 0.4) is 0 Å². The van der Waals surface area contributed by atoms with Crippen molar-refractivity contribution in [1.29, 1.82) is 0 Å². The Hall–Kier alpha value is -1.84. The summed E-state index contributed by atoms with van der Waals surface area (Å²) in [5, 5.41) is 9.23. The normalized spacial score (nSPS) is 32.4. The minimum atomic E-state index is -0.768. The fourth-order valence-corrected chi connectivity index (χ4v) is 4.76. The van der Waals surface area contributed by atoms with E-state index in [0.717, 1.165) is 38.6 Å². The van der Waals surface area contributed by atoms with Gasteiger partial charge in [0.2, 0.25) is 5.91 Å². The highest BCUT2D eigenvalue weighted by atomic mass is 16.4. The Morgan fingerprint density at radius 3 is 2.87 bits per heavy atom. The van der Waals surface area contributed by atoms with Gasteiger partial charge in [0.25, 0.3) is 0 Å². The van der Waals surface area contributed by atoms with Crippen molar-refractivity contribution in [2.75, 3.05) is 13.1 Å². The zero-order valence-corrected chi connectivity index (χ0v) is 13.3. The van der Waals surface area contributed by atoms with E-state index in [0.29, 0.717) is 13.0 Å². The highest BCUT2D eigenvalue weighted by molar-refractivity contribution is 5.85. The van der Waals surface area contributed by atoms with Crippen LogP contribution in [0, 0.1) is 11.8 Å². The molecule has 23 heavy (non-hydrogen) atoms. The first-order valence-electron chi connectivity index (χ1n) is 8.72. The monoisotopic (exact) mass is 313 g/mol. The van der Waals surface area contributed by atoms with Crippen molar-refractivity contribution in [2.45, 2.75) is 43.9 Å². The number of carbonyl (C=O) groups is 2. The van der Waals surface area contributed by atoms with Gasteiger partial charge in [-0.3, -0.25) is 9.59 Å². The Balaban J connectivity index is 1.53. The van der Waals surface area contributed by atoms with Crippen LogP contribution in [0.25, 0.3) is 0 Å². The smallest absolute Gasteiger partial charge is 0.308 e. The van der Waals surface area contributed by atoms with E-state index in [-0.39, 0.29) is 23.2 Å². The third kappa shape index (κ3) is 2.35. The number of amides is 1. The maximum absolute atomic E-state index is 12.9. The molecule has 1 amide bonds. The van der Waals surface area contributed by atoms with Crippen molar-refractivity contribution in [1.82, 2.24) is 4.90 Å². The summed E-state index contributed by atoms with van der Waals surface area (Å²) in [6.45, 7) is 1.11. The number of rotatable bonds is 2. The maximum atomic E-state index is 12.9. The summed E-state index contributed by atoms with van der Waals surface area (Å²) in [5.41, 5.74) is 2.81. The van der Waals surface area contributed by atoms with Gasteiger partial charge < -0.3 is 10.0 Å². The number of hydrogen-bond donors (Lipinski definition) is 1. The van der Waals surface area contributed by atoms with Gasteiger partial charge in [-0.05, 0) is 49.7 Å². The molecule has 2 aliphatic carbocycles. The van der Waals surface area contributed by atoms with Gasteiger partial charge in [0.1, 0.15) is 0 Å². The molecule has 2 fully saturated rings. The fourth-order valence-electron chi connectivity index (χ4n) is 4.76. The first-order chi connectivity index (χ1) is 11.1. The van der Waals surface area contributed by atoms with E-state index in [9.17, 15) is 14.7 Å². The van der Waals surface area contributed by atoms with Crippen LogP contribution in [0.15, 0.2) is 24.3 Å². The zero-order valence-electron chi connectivity index (χ0n) is 13.3. The lowest BCUT2D eigenvalue weighted by molar-refractivity contribution is -0.146. The summed E-state index contributed by atoms with van der Waals surface area (Å²) >= 11 is 0. The number of piperidine rings is 1. The molecule has 1 N–H and O–H groups in total. The molecule has 3 aliphatic rings. The van der Waals surface area contributed by atoms with Crippen molar-refractivity contribution in [3.63, 3.8) is 0 Å². The molecule has 1 aromatic rings. The van der Waals surface area contributed by atoms with Crippen molar-refractivity contribution < 1.29 is 14.7 Å². The number of fused-ring (bicyclic) bond motifs is 2. The van der Waals surface area contributed by atoms with Crippen LogP contribution in [0.4, 0.5) is 0 Å². The van der Waals surface area contributed by atoms with Gasteiger partial charge in [0.05, 0.1) is 5.92 Å². The van der Waals surface area contributed by atoms with E-state index in [1.807, 2.05) is 4.90 Å². The second-order valence-corrected chi connectivity index (χ2v) is 7.39. The Morgan fingerprint density at radius 1 is 1.22 bits per heavy atom. The lowest BCUT2D eigenvalue weighted by Crippen LogP contribution is -2.44. The molecule has 2 unspecified atom stereocenters. The van der Waals surface area contributed by atoms with E-state index in [1.165, 1.54) is 11.1 Å². The molecule has 4 nitrogen and oxygen atoms in total. The fraction of sp³-hybridized carbons (Fsp3) is 0.579. The predicted molar refractivity (Wildman–Crippen MR) is 86.1 cm³/mol. The molecule has 1 aliphatic heterocycles. The Kier molecular flexibility index (Phi) is 3.43. The molecule has 1 heterocycles. The van der Waals surface area contributed by atoms with Crippen molar-refractivity contribution >= 4 is 11.9 Å². The highest BCUT2D eigenvalue weighted by Gasteiger charge is 2.61. The van der Waals surface area contributed by atoms with E-state index < -0.39 is 5.97 Å². The van der Waals surface area contributed by atoms with Crippen molar-refractivity contribution in [3.05, 3.63) is 35.4 Å². The molecule has 1 saturated carbocycles. The number of hydrogen-bond acceptors (Lipinski definition) is 2. The molecule has 122 valence electrons. The van der Waals surface area contributed by atoms with Gasteiger partial charge >= 0.3 is 5.97 Å². The van der Waals surface area contributed by atoms with Gasteiger partial charge in [-0.15, -0.1) is 0 Å². The van der Waals surface area contributed by atoms with Crippen molar-refractivity contribution in [3.8, 4) is 0 Å². The average Bonchev–Trinajstić information content (AvgIpc) is 3.29. The molecule has 4 rings (SSSR count). The summed E-state index contributed by atoms with van der Waals surface area (Å²) in [7, 11) is 0. The van der Waals surface area contributed by atoms with Crippen LogP contribution in [-0.4, -0.2) is 35.0 Å². The number of carboxylic acids is 1. The molecule has 3 atom stereocenters. The van der Waals surface area contributed by atoms with Crippen LogP contribution < -0.4 is 0 Å². The molecular formula is C19H23NO3. The molecule has 0 bridgehead atoms. The highest BCUT2D eigenvalue weighted by Crippen LogP contribution is 2.60. The SMILES string of the molecule is O=C(O)[C@H]1CCCN(C(=O)C2CC23CCCc2ccccc23)C1. The number of carbonyl (C=O) groups excluding carboxylic acids is 1. The lowest BCUT2D eigenvalue weighted by Gasteiger charge is -2.32. The van der Waals surface area contributed by atoms with E-state index in [4.69, 9.17) is 0 Å². The average molecular weight is 313 g/mol. The van der Waals surface area contributed by atoms with Gasteiger partial charge in [-0.2, -0.15) is 0 Å². The molecule has 1 saturated heterocycles. The zero-order chi connectivity index (χ0) is 16.0. The minimum absolute atomic E-state index is 0.0437. The van der Waals surface area contributed by atoms with Crippen LogP contribution in [0.5, 0.6) is 0 Å². The standard InChI is InChI=1S/C19H23NO3/c21-17(20-10-4-7-14(12-20)18(22)23)16-11-19(16)9-3-6-13-5-1-2-8-15(13)19/h1-2,5,8,14,16H,3-4,6-7,9-12H2,(H,22,23)/t14-,16?,19?/m0/s1. The van der Waals surface area contributed by atoms with E-state index >= 15 is 0 Å². The third-order valence-electron chi connectivity index (χ3n) is 6.08. The van der Waals surface area contributed by atoms with Crippen molar-refractivity contribution in [2.24, 2.45) is 11.8 Å². The molecule has 0 aromatic heterocycles. The summed E-state index contributed by atoms with van der Waals surface area (Å²) in [6.07, 6.45) is 5.80. The topological polar surface area (TPSA) is 57.6 Å². The van der Waals surface area contributed by atoms with E-state index in [2.05, 4.69) is 24.3 Å². The number of aliphatic carboxylic acids is 1. The largest absolute Gasteiger partial charge is 0.481 e. The minimum Gasteiger partial charge on any atom is -0.481 e. The molecule has 4 heteroatoms. The van der Waals surface area contributed by atoms with Crippen LogP contribution in [0.2, 0.25) is 0 Å². The number of benzene rings is 1. The number of likely N-dealkylation sites (tertiary alicyclic amines) is 1. The molecule has 1 aromatic carbocycles. The second kappa shape index (κ2) is 5.36. The Morgan fingerprint density at radius 2 is 2.04 bits per heavy atom. The molecule has 0 radical (unpaired) electrons. The van der Waals surface area contributed by atoms with Crippen LogP contribution in [0.1, 0.15) is 43.2 Å². The van der Waals surface area contributed by atoms with Gasteiger partial charge in [-0.1, -0.05) is 24.3 Å². The lowest BCUT2D eigenvalue weighted by atomic mass is 9.78. The third-order valence-corrected chi connectivity index (χ3v) is 6.08. The second-order valence-electron chi connectivity index (χ2n) is 7.39.